The monoisotopic (exact) mass is 270 g/mol. The summed E-state index contributed by atoms with van der Waals surface area (Å²) in [6.45, 7) is 6.14. The van der Waals surface area contributed by atoms with E-state index in [-0.39, 0.29) is 11.9 Å². The van der Waals surface area contributed by atoms with Gasteiger partial charge in [0.25, 0.3) is 0 Å². The molecule has 1 rings (SSSR count). The molecule has 0 fully saturated rings. The van der Waals surface area contributed by atoms with Gasteiger partial charge in [0.05, 0.1) is 6.04 Å². The Labute approximate surface area is 112 Å². The number of amides is 1. The van der Waals surface area contributed by atoms with Gasteiger partial charge in [-0.05, 0) is 38.0 Å². The molecule has 106 valence electrons. The second kappa shape index (κ2) is 7.19. The molecule has 1 amide bonds. The van der Waals surface area contributed by atoms with Gasteiger partial charge in [-0.2, -0.15) is 0 Å². The maximum absolute atomic E-state index is 13.1. The lowest BCUT2D eigenvalue weighted by atomic mass is 10.1. The molecule has 0 saturated carbocycles. The van der Waals surface area contributed by atoms with Crippen LogP contribution in [0.2, 0.25) is 0 Å². The number of carbonyl (C=O) groups is 1. The highest BCUT2D eigenvalue weighted by Gasteiger charge is 2.16. The minimum atomic E-state index is -0.880. The maximum atomic E-state index is 13.1. The summed E-state index contributed by atoms with van der Waals surface area (Å²) in [5, 5.41) is 5.82. The fraction of sp³-hybridized carbons (Fsp3) is 0.500. The Kier molecular flexibility index (Phi) is 5.89. The summed E-state index contributed by atoms with van der Waals surface area (Å²) in [6.07, 6.45) is 0.872. The van der Waals surface area contributed by atoms with Crippen molar-refractivity contribution in [3.63, 3.8) is 0 Å². The average molecular weight is 270 g/mol. The van der Waals surface area contributed by atoms with Crippen LogP contribution in [0.3, 0.4) is 0 Å². The molecule has 2 unspecified atom stereocenters. The molecule has 0 saturated heterocycles. The third-order valence-electron chi connectivity index (χ3n) is 2.89. The first-order valence-corrected chi connectivity index (χ1v) is 6.44. The lowest BCUT2D eigenvalue weighted by molar-refractivity contribution is -0.122. The summed E-state index contributed by atoms with van der Waals surface area (Å²) in [7, 11) is 0. The zero-order valence-electron chi connectivity index (χ0n) is 11.5. The molecule has 1 aromatic rings. The van der Waals surface area contributed by atoms with Crippen LogP contribution in [0.5, 0.6) is 0 Å². The smallest absolute Gasteiger partial charge is 0.236 e. The Morgan fingerprint density at radius 2 is 1.95 bits per heavy atom. The number of rotatable bonds is 6. The first-order chi connectivity index (χ1) is 8.95. The highest BCUT2D eigenvalue weighted by molar-refractivity contribution is 5.81. The molecule has 0 aliphatic heterocycles. The molecule has 2 N–H and O–H groups in total. The number of benzene rings is 1. The van der Waals surface area contributed by atoms with Crippen molar-refractivity contribution >= 4 is 5.91 Å². The van der Waals surface area contributed by atoms with E-state index in [0.29, 0.717) is 12.1 Å². The summed E-state index contributed by atoms with van der Waals surface area (Å²) in [5.74, 6) is -1.85. The normalized spacial score (nSPS) is 13.9. The Morgan fingerprint density at radius 1 is 1.26 bits per heavy atom. The lowest BCUT2D eigenvalue weighted by Crippen LogP contribution is -2.43. The van der Waals surface area contributed by atoms with Crippen LogP contribution in [-0.4, -0.2) is 18.5 Å². The van der Waals surface area contributed by atoms with Gasteiger partial charge in [0.1, 0.15) is 0 Å². The quantitative estimate of drug-likeness (QED) is 0.834. The third-order valence-corrected chi connectivity index (χ3v) is 2.89. The maximum Gasteiger partial charge on any atom is 0.236 e. The van der Waals surface area contributed by atoms with Crippen molar-refractivity contribution in [1.82, 2.24) is 10.6 Å². The molecule has 5 heteroatoms. The second-order valence-electron chi connectivity index (χ2n) is 4.57. The van der Waals surface area contributed by atoms with Crippen molar-refractivity contribution in [2.75, 3.05) is 6.54 Å². The average Bonchev–Trinajstić information content (AvgIpc) is 2.38. The van der Waals surface area contributed by atoms with E-state index >= 15 is 0 Å². The van der Waals surface area contributed by atoms with E-state index in [0.717, 1.165) is 18.6 Å². The minimum absolute atomic E-state index is 0.101. The van der Waals surface area contributed by atoms with Gasteiger partial charge in [0, 0.05) is 12.6 Å². The molecular formula is C14H20F2N2O. The Balaban J connectivity index is 2.60. The van der Waals surface area contributed by atoms with Crippen molar-refractivity contribution in [2.24, 2.45) is 0 Å². The van der Waals surface area contributed by atoms with Gasteiger partial charge in [0.15, 0.2) is 11.6 Å². The number of hydrogen-bond donors (Lipinski definition) is 2. The molecule has 1 aromatic carbocycles. The number of hydrogen-bond acceptors (Lipinski definition) is 2. The van der Waals surface area contributed by atoms with Crippen LogP contribution in [0.4, 0.5) is 8.78 Å². The third kappa shape index (κ3) is 4.59. The van der Waals surface area contributed by atoms with Crippen molar-refractivity contribution in [2.45, 2.75) is 39.3 Å². The minimum Gasteiger partial charge on any atom is -0.355 e. The predicted octanol–water partition coefficient (Wildman–Crippen LogP) is 2.53. The van der Waals surface area contributed by atoms with Crippen LogP contribution in [0.15, 0.2) is 18.2 Å². The first kappa shape index (κ1) is 15.6. The summed E-state index contributed by atoms with van der Waals surface area (Å²) in [6, 6.07) is 3.10. The van der Waals surface area contributed by atoms with E-state index in [2.05, 4.69) is 10.6 Å². The van der Waals surface area contributed by atoms with Crippen molar-refractivity contribution in [1.29, 1.82) is 0 Å². The van der Waals surface area contributed by atoms with E-state index in [1.807, 2.05) is 6.92 Å². The molecule has 2 atom stereocenters. The van der Waals surface area contributed by atoms with Crippen LogP contribution >= 0.6 is 0 Å². The molecule has 0 aliphatic rings. The van der Waals surface area contributed by atoms with Gasteiger partial charge in [-0.1, -0.05) is 13.0 Å². The van der Waals surface area contributed by atoms with E-state index < -0.39 is 17.7 Å². The van der Waals surface area contributed by atoms with Gasteiger partial charge in [-0.3, -0.25) is 10.1 Å². The van der Waals surface area contributed by atoms with Crippen LogP contribution in [0.1, 0.15) is 38.8 Å². The molecule has 0 aromatic heterocycles. The zero-order valence-corrected chi connectivity index (χ0v) is 11.5. The Morgan fingerprint density at radius 3 is 2.53 bits per heavy atom. The van der Waals surface area contributed by atoms with Crippen LogP contribution in [-0.2, 0) is 4.79 Å². The summed E-state index contributed by atoms with van der Waals surface area (Å²) in [5.41, 5.74) is 0.606. The lowest BCUT2D eigenvalue weighted by Gasteiger charge is -2.20. The molecule has 0 bridgehead atoms. The molecule has 0 spiro atoms. The molecule has 0 aliphatic carbocycles. The van der Waals surface area contributed by atoms with Crippen LogP contribution < -0.4 is 10.6 Å². The summed E-state index contributed by atoms with van der Waals surface area (Å²) < 4.78 is 26.0. The fourth-order valence-electron chi connectivity index (χ4n) is 1.73. The largest absolute Gasteiger partial charge is 0.355 e. The predicted molar refractivity (Wildman–Crippen MR) is 70.7 cm³/mol. The van der Waals surface area contributed by atoms with Crippen LogP contribution in [0, 0.1) is 11.6 Å². The summed E-state index contributed by atoms with van der Waals surface area (Å²) >= 11 is 0. The number of nitrogens with one attached hydrogen (secondary N) is 2. The Hall–Kier alpha value is -1.49. The highest BCUT2D eigenvalue weighted by Crippen LogP contribution is 2.16. The van der Waals surface area contributed by atoms with Gasteiger partial charge >= 0.3 is 0 Å². The molecule has 3 nitrogen and oxygen atoms in total. The number of halogens is 2. The van der Waals surface area contributed by atoms with E-state index in [9.17, 15) is 13.6 Å². The van der Waals surface area contributed by atoms with E-state index in [1.165, 1.54) is 6.07 Å². The zero-order chi connectivity index (χ0) is 14.4. The molecule has 0 heterocycles. The van der Waals surface area contributed by atoms with Crippen molar-refractivity contribution < 1.29 is 13.6 Å². The molecular weight excluding hydrogens is 250 g/mol. The van der Waals surface area contributed by atoms with Gasteiger partial charge in [0.2, 0.25) is 5.91 Å². The fourth-order valence-corrected chi connectivity index (χ4v) is 1.73. The standard InChI is InChI=1S/C14H20F2N2O/c1-4-7-17-14(19)10(3)18-9(2)11-5-6-12(15)13(16)8-11/h5-6,8-10,18H,4,7H2,1-3H3,(H,17,19). The van der Waals surface area contributed by atoms with E-state index in [1.54, 1.807) is 13.8 Å². The van der Waals surface area contributed by atoms with Crippen LogP contribution in [0.25, 0.3) is 0 Å². The van der Waals surface area contributed by atoms with Gasteiger partial charge in [-0.25, -0.2) is 8.78 Å². The topological polar surface area (TPSA) is 41.1 Å². The van der Waals surface area contributed by atoms with Crippen molar-refractivity contribution in [3.8, 4) is 0 Å². The van der Waals surface area contributed by atoms with Crippen molar-refractivity contribution in [3.05, 3.63) is 35.4 Å². The summed E-state index contributed by atoms with van der Waals surface area (Å²) in [4.78, 5) is 11.7. The van der Waals surface area contributed by atoms with E-state index in [4.69, 9.17) is 0 Å². The number of carbonyl (C=O) groups excluding carboxylic acids is 1. The molecule has 19 heavy (non-hydrogen) atoms. The SMILES string of the molecule is CCCNC(=O)C(C)NC(C)c1ccc(F)c(F)c1. The van der Waals surface area contributed by atoms with Gasteiger partial charge < -0.3 is 5.32 Å². The Bertz CT molecular complexity index is 437. The second-order valence-corrected chi connectivity index (χ2v) is 4.57. The molecule has 0 radical (unpaired) electrons. The first-order valence-electron chi connectivity index (χ1n) is 6.44. The van der Waals surface area contributed by atoms with Gasteiger partial charge in [-0.15, -0.1) is 0 Å². The highest BCUT2D eigenvalue weighted by atomic mass is 19.2.